The molecule has 0 bridgehead atoms. The largest absolute Gasteiger partial charge is 0.508 e. The van der Waals surface area contributed by atoms with Crippen molar-refractivity contribution < 1.29 is 9.50 Å². The van der Waals surface area contributed by atoms with E-state index in [0.717, 1.165) is 18.2 Å². The highest BCUT2D eigenvalue weighted by molar-refractivity contribution is 5.28. The first-order valence-corrected chi connectivity index (χ1v) is 6.39. The van der Waals surface area contributed by atoms with E-state index in [1.54, 1.807) is 6.07 Å². The van der Waals surface area contributed by atoms with Crippen LogP contribution in [0.25, 0.3) is 0 Å². The fraction of sp³-hybridized carbons (Fsp3) is 0.250. The molecule has 2 nitrogen and oxygen atoms in total. The summed E-state index contributed by atoms with van der Waals surface area (Å²) in [6.07, 6.45) is 0. The number of hydrogen-bond donors (Lipinski definition) is 2. The molecule has 0 aliphatic heterocycles. The van der Waals surface area contributed by atoms with Gasteiger partial charge in [0.1, 0.15) is 11.6 Å². The second-order valence-corrected chi connectivity index (χ2v) is 4.76. The van der Waals surface area contributed by atoms with Crippen LogP contribution in [-0.4, -0.2) is 11.7 Å². The molecule has 0 spiro atoms. The lowest BCUT2D eigenvalue weighted by Crippen LogP contribution is -2.19. The quantitative estimate of drug-likeness (QED) is 0.862. The maximum absolute atomic E-state index is 13.1. The molecule has 0 saturated heterocycles. The Morgan fingerprint density at radius 1 is 1.16 bits per heavy atom. The number of rotatable bonds is 5. The van der Waals surface area contributed by atoms with Crippen molar-refractivity contribution in [2.24, 2.45) is 0 Å². The Morgan fingerprint density at radius 3 is 2.58 bits per heavy atom. The Kier molecular flexibility index (Phi) is 4.53. The van der Waals surface area contributed by atoms with Gasteiger partial charge in [0.05, 0.1) is 0 Å². The van der Waals surface area contributed by atoms with Crippen LogP contribution in [0.1, 0.15) is 24.0 Å². The van der Waals surface area contributed by atoms with Gasteiger partial charge < -0.3 is 10.4 Å². The lowest BCUT2D eigenvalue weighted by Gasteiger charge is -2.13. The smallest absolute Gasteiger partial charge is 0.127 e. The standard InChI is InChI=1S/C16H18FNO/c1-12(14-5-3-2-4-6-14)10-18-11-13-7-15(17)9-16(19)8-13/h2-9,12,18-19H,10-11H2,1H3. The Bertz CT molecular complexity index is 507. The number of hydrogen-bond acceptors (Lipinski definition) is 2. The highest BCUT2D eigenvalue weighted by Gasteiger charge is 2.05. The Hall–Kier alpha value is -1.87. The molecular formula is C16H18FNO. The Labute approximate surface area is 112 Å². The van der Waals surface area contributed by atoms with Gasteiger partial charge in [-0.3, -0.25) is 0 Å². The van der Waals surface area contributed by atoms with E-state index >= 15 is 0 Å². The zero-order valence-electron chi connectivity index (χ0n) is 10.9. The lowest BCUT2D eigenvalue weighted by atomic mass is 10.0. The summed E-state index contributed by atoms with van der Waals surface area (Å²) in [5.41, 5.74) is 2.02. The van der Waals surface area contributed by atoms with Crippen LogP contribution in [0.15, 0.2) is 48.5 Å². The van der Waals surface area contributed by atoms with Gasteiger partial charge in [-0.15, -0.1) is 0 Å². The minimum absolute atomic E-state index is 0.0343. The molecule has 100 valence electrons. The third-order valence-electron chi connectivity index (χ3n) is 3.09. The molecule has 0 aliphatic carbocycles. The molecule has 2 aromatic carbocycles. The van der Waals surface area contributed by atoms with Crippen LogP contribution in [-0.2, 0) is 6.54 Å². The first kappa shape index (κ1) is 13.6. The van der Waals surface area contributed by atoms with E-state index in [1.807, 2.05) is 18.2 Å². The summed E-state index contributed by atoms with van der Waals surface area (Å²) in [5.74, 6) is -0.0517. The maximum atomic E-state index is 13.1. The van der Waals surface area contributed by atoms with Crippen LogP contribution in [0.5, 0.6) is 5.75 Å². The monoisotopic (exact) mass is 259 g/mol. The van der Waals surface area contributed by atoms with Gasteiger partial charge in [-0.25, -0.2) is 4.39 Å². The highest BCUT2D eigenvalue weighted by atomic mass is 19.1. The molecule has 1 unspecified atom stereocenters. The molecule has 19 heavy (non-hydrogen) atoms. The molecule has 0 radical (unpaired) electrons. The van der Waals surface area contributed by atoms with Crippen molar-refractivity contribution >= 4 is 0 Å². The number of halogens is 1. The fourth-order valence-electron chi connectivity index (χ4n) is 2.07. The lowest BCUT2D eigenvalue weighted by molar-refractivity contribution is 0.467. The molecule has 3 heteroatoms. The van der Waals surface area contributed by atoms with E-state index < -0.39 is 5.82 Å². The van der Waals surface area contributed by atoms with E-state index in [9.17, 15) is 9.50 Å². The molecule has 0 amide bonds. The van der Waals surface area contributed by atoms with Gasteiger partial charge in [0, 0.05) is 19.2 Å². The van der Waals surface area contributed by atoms with Crippen LogP contribution in [0.3, 0.4) is 0 Å². The summed E-state index contributed by atoms with van der Waals surface area (Å²) >= 11 is 0. The normalized spacial score (nSPS) is 12.3. The van der Waals surface area contributed by atoms with E-state index in [-0.39, 0.29) is 5.75 Å². The van der Waals surface area contributed by atoms with Crippen LogP contribution in [0, 0.1) is 5.82 Å². The summed E-state index contributed by atoms with van der Waals surface area (Å²) in [4.78, 5) is 0. The average Bonchev–Trinajstić information content (AvgIpc) is 2.38. The van der Waals surface area contributed by atoms with Gasteiger partial charge in [-0.1, -0.05) is 37.3 Å². The van der Waals surface area contributed by atoms with Gasteiger partial charge in [0.25, 0.3) is 0 Å². The van der Waals surface area contributed by atoms with E-state index in [0.29, 0.717) is 12.5 Å². The summed E-state index contributed by atoms with van der Waals surface area (Å²) < 4.78 is 13.1. The van der Waals surface area contributed by atoms with Crippen molar-refractivity contribution in [3.05, 3.63) is 65.5 Å². The minimum atomic E-state index is -0.409. The zero-order valence-corrected chi connectivity index (χ0v) is 10.9. The van der Waals surface area contributed by atoms with Crippen molar-refractivity contribution in [3.8, 4) is 5.75 Å². The molecular weight excluding hydrogens is 241 g/mol. The first-order chi connectivity index (χ1) is 9.15. The average molecular weight is 259 g/mol. The van der Waals surface area contributed by atoms with Crippen LogP contribution >= 0.6 is 0 Å². The number of aromatic hydroxyl groups is 1. The Morgan fingerprint density at radius 2 is 1.89 bits per heavy atom. The van der Waals surface area contributed by atoms with Crippen molar-refractivity contribution in [1.29, 1.82) is 0 Å². The number of nitrogens with one attached hydrogen (secondary N) is 1. The summed E-state index contributed by atoms with van der Waals surface area (Å²) in [6, 6.07) is 14.4. The molecule has 2 N–H and O–H groups in total. The molecule has 2 aromatic rings. The minimum Gasteiger partial charge on any atom is -0.508 e. The fourth-order valence-corrected chi connectivity index (χ4v) is 2.07. The van der Waals surface area contributed by atoms with Crippen molar-refractivity contribution in [1.82, 2.24) is 5.32 Å². The zero-order chi connectivity index (χ0) is 13.7. The SMILES string of the molecule is CC(CNCc1cc(O)cc(F)c1)c1ccccc1. The first-order valence-electron chi connectivity index (χ1n) is 6.39. The van der Waals surface area contributed by atoms with Gasteiger partial charge in [0.15, 0.2) is 0 Å². The third kappa shape index (κ3) is 4.07. The topological polar surface area (TPSA) is 32.3 Å². The highest BCUT2D eigenvalue weighted by Crippen LogP contribution is 2.16. The maximum Gasteiger partial charge on any atom is 0.127 e. The van der Waals surface area contributed by atoms with Gasteiger partial charge >= 0.3 is 0 Å². The molecule has 0 heterocycles. The predicted octanol–water partition coefficient (Wildman–Crippen LogP) is 3.42. The molecule has 0 aliphatic rings. The molecule has 0 saturated carbocycles. The van der Waals surface area contributed by atoms with Gasteiger partial charge in [0.2, 0.25) is 0 Å². The predicted molar refractivity (Wildman–Crippen MR) is 74.6 cm³/mol. The number of benzene rings is 2. The van der Waals surface area contributed by atoms with Crippen LogP contribution < -0.4 is 5.32 Å². The number of phenols is 1. The second kappa shape index (κ2) is 6.34. The van der Waals surface area contributed by atoms with E-state index in [2.05, 4.69) is 24.4 Å². The van der Waals surface area contributed by atoms with Crippen molar-refractivity contribution in [2.45, 2.75) is 19.4 Å². The second-order valence-electron chi connectivity index (χ2n) is 4.76. The molecule has 2 rings (SSSR count). The molecule has 1 atom stereocenters. The summed E-state index contributed by atoms with van der Waals surface area (Å²) in [6.45, 7) is 3.50. The van der Waals surface area contributed by atoms with Gasteiger partial charge in [-0.05, 0) is 29.2 Å². The van der Waals surface area contributed by atoms with Crippen LogP contribution in [0.2, 0.25) is 0 Å². The summed E-state index contributed by atoms with van der Waals surface area (Å²) in [7, 11) is 0. The molecule has 0 fully saturated rings. The van der Waals surface area contributed by atoms with Gasteiger partial charge in [-0.2, -0.15) is 0 Å². The summed E-state index contributed by atoms with van der Waals surface area (Å²) in [5, 5.41) is 12.6. The molecule has 0 aromatic heterocycles. The van der Waals surface area contributed by atoms with E-state index in [4.69, 9.17) is 0 Å². The van der Waals surface area contributed by atoms with Crippen LogP contribution in [0.4, 0.5) is 4.39 Å². The Balaban J connectivity index is 1.86. The van der Waals surface area contributed by atoms with E-state index in [1.165, 1.54) is 11.6 Å². The third-order valence-corrected chi connectivity index (χ3v) is 3.09. The number of phenolic OH excluding ortho intramolecular Hbond substituents is 1. The van der Waals surface area contributed by atoms with Crippen molar-refractivity contribution in [2.75, 3.05) is 6.54 Å². The van der Waals surface area contributed by atoms with Crippen molar-refractivity contribution in [3.63, 3.8) is 0 Å².